The largest absolute Gasteiger partial charge is 0.504 e. The molecule has 2 heterocycles. The lowest BCUT2D eigenvalue weighted by atomic mass is 10.1. The third kappa shape index (κ3) is 2.74. The fourth-order valence-corrected chi connectivity index (χ4v) is 3.32. The Labute approximate surface area is 164 Å². The average Bonchev–Trinajstić information content (AvgIpc) is 3.20. The van der Waals surface area contributed by atoms with Crippen LogP contribution in [0.1, 0.15) is 0 Å². The molecule has 2 aromatic carbocycles. The van der Waals surface area contributed by atoms with E-state index in [0.717, 1.165) is 0 Å². The van der Waals surface area contributed by atoms with Crippen LogP contribution >= 0.6 is 0 Å². The molecule has 0 saturated carbocycles. The number of phenolic OH excluding ortho intramolecular Hbond substituents is 1. The number of phenols is 1. The molecule has 9 heteroatoms. The quantitative estimate of drug-likeness (QED) is 0.689. The molecule has 0 spiro atoms. The molecule has 1 aliphatic heterocycles. The predicted octanol–water partition coefficient (Wildman–Crippen LogP) is 2.93. The van der Waals surface area contributed by atoms with Gasteiger partial charge in [0.05, 0.1) is 28.4 Å². The average molecular weight is 402 g/mol. The van der Waals surface area contributed by atoms with Gasteiger partial charge in [-0.3, -0.25) is 4.79 Å². The van der Waals surface area contributed by atoms with Gasteiger partial charge in [-0.1, -0.05) is 0 Å². The van der Waals surface area contributed by atoms with Crippen molar-refractivity contribution in [3.05, 3.63) is 28.4 Å². The molecule has 0 bridgehead atoms. The topological polar surface area (TPSA) is 106 Å². The summed E-state index contributed by atoms with van der Waals surface area (Å²) in [5.74, 6) is 1.40. The monoisotopic (exact) mass is 402 g/mol. The van der Waals surface area contributed by atoms with Gasteiger partial charge in [0.25, 0.3) is 0 Å². The van der Waals surface area contributed by atoms with Crippen LogP contribution in [0.15, 0.2) is 27.4 Å². The summed E-state index contributed by atoms with van der Waals surface area (Å²) in [6, 6.07) is 4.31. The van der Waals surface area contributed by atoms with Crippen LogP contribution in [0.25, 0.3) is 22.3 Å². The zero-order chi connectivity index (χ0) is 20.7. The van der Waals surface area contributed by atoms with Crippen molar-refractivity contribution in [3.63, 3.8) is 0 Å². The lowest BCUT2D eigenvalue weighted by molar-refractivity contribution is 0.171. The lowest BCUT2D eigenvalue weighted by Gasteiger charge is -2.17. The minimum Gasteiger partial charge on any atom is -0.504 e. The smallest absolute Gasteiger partial charge is 0.231 e. The second-order valence-electron chi connectivity index (χ2n) is 6.04. The van der Waals surface area contributed by atoms with E-state index in [2.05, 4.69) is 0 Å². The zero-order valence-electron chi connectivity index (χ0n) is 16.2. The maximum absolute atomic E-state index is 13.0. The van der Waals surface area contributed by atoms with E-state index in [9.17, 15) is 9.90 Å². The van der Waals surface area contributed by atoms with E-state index in [4.69, 9.17) is 32.8 Å². The Morgan fingerprint density at radius 2 is 1.52 bits per heavy atom. The molecule has 9 nitrogen and oxygen atoms in total. The molecule has 0 atom stereocenters. The van der Waals surface area contributed by atoms with E-state index in [-0.39, 0.29) is 58.0 Å². The summed E-state index contributed by atoms with van der Waals surface area (Å²) in [5.41, 5.74) is 0.137. The minimum absolute atomic E-state index is 0.00394. The van der Waals surface area contributed by atoms with Gasteiger partial charge < -0.3 is 37.9 Å². The molecule has 152 valence electrons. The summed E-state index contributed by atoms with van der Waals surface area (Å²) in [6.45, 7) is -0.00394. The van der Waals surface area contributed by atoms with E-state index in [1.165, 1.54) is 40.6 Å². The highest BCUT2D eigenvalue weighted by Gasteiger charge is 2.28. The number of fused-ring (bicyclic) bond motifs is 2. The Morgan fingerprint density at radius 1 is 0.862 bits per heavy atom. The molecule has 0 radical (unpaired) electrons. The molecule has 29 heavy (non-hydrogen) atoms. The fourth-order valence-electron chi connectivity index (χ4n) is 3.32. The molecule has 4 rings (SSSR count). The van der Waals surface area contributed by atoms with Crippen molar-refractivity contribution in [1.29, 1.82) is 0 Å². The number of rotatable bonds is 5. The van der Waals surface area contributed by atoms with Gasteiger partial charge in [0.1, 0.15) is 11.1 Å². The van der Waals surface area contributed by atoms with Crippen LogP contribution in [0.4, 0.5) is 0 Å². The molecule has 0 amide bonds. The van der Waals surface area contributed by atoms with Crippen molar-refractivity contribution in [2.75, 3.05) is 35.2 Å². The van der Waals surface area contributed by atoms with Crippen molar-refractivity contribution < 1.29 is 37.9 Å². The van der Waals surface area contributed by atoms with Crippen LogP contribution in [-0.2, 0) is 0 Å². The Balaban J connectivity index is 2.05. The van der Waals surface area contributed by atoms with Crippen molar-refractivity contribution in [1.82, 2.24) is 0 Å². The summed E-state index contributed by atoms with van der Waals surface area (Å²) >= 11 is 0. The van der Waals surface area contributed by atoms with Crippen molar-refractivity contribution >= 4 is 11.0 Å². The van der Waals surface area contributed by atoms with Gasteiger partial charge in [-0.05, 0) is 12.1 Å². The molecule has 0 unspecified atom stereocenters. The van der Waals surface area contributed by atoms with Gasteiger partial charge in [-0.25, -0.2) is 0 Å². The number of ether oxygens (including phenoxy) is 6. The molecule has 1 aliphatic rings. The first-order valence-electron chi connectivity index (χ1n) is 8.50. The van der Waals surface area contributed by atoms with Crippen molar-refractivity contribution in [3.8, 4) is 51.6 Å². The maximum Gasteiger partial charge on any atom is 0.231 e. The fraction of sp³-hybridized carbons (Fsp3) is 0.250. The maximum atomic E-state index is 13.0. The number of benzene rings is 2. The highest BCUT2D eigenvalue weighted by molar-refractivity contribution is 5.95. The molecule has 0 aliphatic carbocycles. The third-order valence-corrected chi connectivity index (χ3v) is 4.55. The number of hydrogen-bond acceptors (Lipinski definition) is 9. The Kier molecular flexibility index (Phi) is 4.50. The van der Waals surface area contributed by atoms with Crippen LogP contribution in [0.2, 0.25) is 0 Å². The summed E-state index contributed by atoms with van der Waals surface area (Å²) in [5, 5.41) is 10.3. The van der Waals surface area contributed by atoms with Crippen molar-refractivity contribution in [2.24, 2.45) is 0 Å². The number of aromatic hydroxyl groups is 1. The Morgan fingerprint density at radius 3 is 2.17 bits per heavy atom. The number of hydrogen-bond donors (Lipinski definition) is 1. The molecule has 3 aromatic rings. The van der Waals surface area contributed by atoms with Gasteiger partial charge in [-0.2, -0.15) is 0 Å². The van der Waals surface area contributed by atoms with Crippen LogP contribution in [-0.4, -0.2) is 40.3 Å². The van der Waals surface area contributed by atoms with Gasteiger partial charge in [0, 0.05) is 11.6 Å². The second kappa shape index (κ2) is 7.01. The standard InChI is InChI=1S/C20H18O9/c1-23-16-14-10(21)7-12(9-5-11(22)15-13(6-9)27-8-28-15)29-17(14)19(25-3)20(26-4)18(16)24-2/h5-7,22H,8H2,1-4H3. The first-order valence-corrected chi connectivity index (χ1v) is 8.50. The first kappa shape index (κ1) is 18.6. The van der Waals surface area contributed by atoms with Crippen LogP contribution in [0.3, 0.4) is 0 Å². The van der Waals surface area contributed by atoms with E-state index < -0.39 is 5.43 Å². The zero-order valence-corrected chi connectivity index (χ0v) is 16.2. The molecule has 0 fully saturated rings. The van der Waals surface area contributed by atoms with Gasteiger partial charge in [0.15, 0.2) is 28.3 Å². The first-order chi connectivity index (χ1) is 14.0. The molecular formula is C20H18O9. The van der Waals surface area contributed by atoms with E-state index in [0.29, 0.717) is 11.3 Å². The molecular weight excluding hydrogens is 384 g/mol. The van der Waals surface area contributed by atoms with Crippen LogP contribution in [0, 0.1) is 0 Å². The summed E-state index contributed by atoms with van der Waals surface area (Å²) < 4.78 is 38.2. The normalized spacial score (nSPS) is 12.1. The van der Waals surface area contributed by atoms with Gasteiger partial charge >= 0.3 is 0 Å². The molecule has 0 saturated heterocycles. The van der Waals surface area contributed by atoms with Crippen LogP contribution in [0.5, 0.6) is 40.2 Å². The highest BCUT2D eigenvalue weighted by Crippen LogP contribution is 2.51. The Hall–Kier alpha value is -3.75. The van der Waals surface area contributed by atoms with Gasteiger partial charge in [-0.15, -0.1) is 0 Å². The predicted molar refractivity (Wildman–Crippen MR) is 102 cm³/mol. The number of methoxy groups -OCH3 is 4. The molecule has 1 N–H and O–H groups in total. The third-order valence-electron chi connectivity index (χ3n) is 4.55. The van der Waals surface area contributed by atoms with E-state index in [1.54, 1.807) is 6.07 Å². The van der Waals surface area contributed by atoms with E-state index in [1.807, 2.05) is 0 Å². The van der Waals surface area contributed by atoms with Crippen LogP contribution < -0.4 is 33.8 Å². The Bertz CT molecular complexity index is 1160. The summed E-state index contributed by atoms with van der Waals surface area (Å²) in [7, 11) is 5.69. The second-order valence-corrected chi connectivity index (χ2v) is 6.04. The lowest BCUT2D eigenvalue weighted by Crippen LogP contribution is -2.07. The summed E-state index contributed by atoms with van der Waals surface area (Å²) in [4.78, 5) is 13.0. The summed E-state index contributed by atoms with van der Waals surface area (Å²) in [6.07, 6.45) is 0. The van der Waals surface area contributed by atoms with E-state index >= 15 is 0 Å². The molecule has 1 aromatic heterocycles. The highest BCUT2D eigenvalue weighted by atomic mass is 16.7. The van der Waals surface area contributed by atoms with Gasteiger partial charge in [0.2, 0.25) is 29.8 Å². The van der Waals surface area contributed by atoms with Crippen molar-refractivity contribution in [2.45, 2.75) is 0 Å². The minimum atomic E-state index is -0.394. The SMILES string of the molecule is COc1c(OC)c(OC)c2c(=O)cc(-c3cc(O)c4c(c3)OCO4)oc2c1OC.